The van der Waals surface area contributed by atoms with Gasteiger partial charge in [-0.1, -0.05) is 46.3 Å². The lowest BCUT2D eigenvalue weighted by atomic mass is 10.1. The van der Waals surface area contributed by atoms with Gasteiger partial charge in [-0.25, -0.2) is 0 Å². The molecule has 1 saturated heterocycles. The van der Waals surface area contributed by atoms with Crippen LogP contribution in [0.5, 0.6) is 0 Å². The zero-order valence-electron chi connectivity index (χ0n) is 13.4. The Labute approximate surface area is 153 Å². The number of ketones is 1. The van der Waals surface area contributed by atoms with Gasteiger partial charge in [0.2, 0.25) is 5.91 Å². The number of hydrogen-bond acceptors (Lipinski definition) is 4. The molecule has 3 rings (SSSR count). The number of carbonyl (C=O) groups excluding carboxylic acids is 3. The Balaban J connectivity index is 1.57. The van der Waals surface area contributed by atoms with E-state index in [1.165, 1.54) is 0 Å². The minimum absolute atomic E-state index is 0.0917. The highest BCUT2D eigenvalue weighted by Crippen LogP contribution is 2.27. The van der Waals surface area contributed by atoms with Crippen molar-refractivity contribution in [1.82, 2.24) is 0 Å². The van der Waals surface area contributed by atoms with E-state index in [0.29, 0.717) is 5.56 Å². The fourth-order valence-corrected chi connectivity index (χ4v) is 2.96. The van der Waals surface area contributed by atoms with Crippen LogP contribution >= 0.6 is 15.9 Å². The summed E-state index contributed by atoms with van der Waals surface area (Å²) in [5.41, 5.74) is 1.23. The largest absolute Gasteiger partial charge is 0.457 e. The molecule has 0 saturated carbocycles. The summed E-state index contributed by atoms with van der Waals surface area (Å²) in [7, 11) is 0. The van der Waals surface area contributed by atoms with Crippen LogP contribution < -0.4 is 4.90 Å². The van der Waals surface area contributed by atoms with Crippen LogP contribution in [-0.2, 0) is 14.3 Å². The number of amides is 1. The van der Waals surface area contributed by atoms with Crippen LogP contribution in [0.1, 0.15) is 16.8 Å². The first-order valence-corrected chi connectivity index (χ1v) is 8.64. The fourth-order valence-electron chi connectivity index (χ4n) is 2.70. The quantitative estimate of drug-likeness (QED) is 0.569. The molecule has 2 aromatic carbocycles. The number of rotatable bonds is 5. The van der Waals surface area contributed by atoms with E-state index < -0.39 is 11.9 Å². The van der Waals surface area contributed by atoms with E-state index in [9.17, 15) is 14.4 Å². The fraction of sp³-hybridized carbons (Fsp3) is 0.211. The van der Waals surface area contributed by atoms with Crippen molar-refractivity contribution in [2.75, 3.05) is 18.1 Å². The maximum Gasteiger partial charge on any atom is 0.311 e. The third kappa shape index (κ3) is 4.14. The molecule has 1 fully saturated rings. The number of ether oxygens (including phenoxy) is 1. The number of anilines is 1. The van der Waals surface area contributed by atoms with Crippen molar-refractivity contribution < 1.29 is 19.1 Å². The smallest absolute Gasteiger partial charge is 0.311 e. The third-order valence-corrected chi connectivity index (χ3v) is 4.57. The van der Waals surface area contributed by atoms with Crippen LogP contribution in [0.2, 0.25) is 0 Å². The topological polar surface area (TPSA) is 63.7 Å². The molecule has 128 valence electrons. The molecule has 1 aliphatic rings. The molecule has 0 spiro atoms. The predicted octanol–water partition coefficient (Wildman–Crippen LogP) is 3.23. The van der Waals surface area contributed by atoms with E-state index in [1.807, 2.05) is 30.3 Å². The van der Waals surface area contributed by atoms with E-state index in [1.54, 1.807) is 29.2 Å². The molecular formula is C19H16BrNO4. The van der Waals surface area contributed by atoms with Gasteiger partial charge in [-0.05, 0) is 24.3 Å². The predicted molar refractivity (Wildman–Crippen MR) is 96.3 cm³/mol. The SMILES string of the molecule is O=C(COC(=O)C1CC(=O)N(c2ccc(Br)cc2)C1)c1ccccc1. The number of nitrogens with zero attached hydrogens (tertiary/aromatic N) is 1. The number of Topliss-reactive ketones (excluding diaryl/α,β-unsaturated/α-hetero) is 1. The Morgan fingerprint density at radius 1 is 1.08 bits per heavy atom. The molecule has 1 amide bonds. The molecular weight excluding hydrogens is 386 g/mol. The Kier molecular flexibility index (Phi) is 5.28. The van der Waals surface area contributed by atoms with Gasteiger partial charge < -0.3 is 9.64 Å². The summed E-state index contributed by atoms with van der Waals surface area (Å²) in [5.74, 6) is -1.46. The maximum absolute atomic E-state index is 12.2. The van der Waals surface area contributed by atoms with Gasteiger partial charge in [0, 0.05) is 28.7 Å². The second-order valence-corrected chi connectivity index (χ2v) is 6.69. The zero-order chi connectivity index (χ0) is 17.8. The van der Waals surface area contributed by atoms with Gasteiger partial charge in [0.25, 0.3) is 0 Å². The number of hydrogen-bond donors (Lipinski definition) is 0. The van der Waals surface area contributed by atoms with Gasteiger partial charge in [0.05, 0.1) is 5.92 Å². The van der Waals surface area contributed by atoms with E-state index in [4.69, 9.17) is 4.74 Å². The molecule has 1 heterocycles. The summed E-state index contributed by atoms with van der Waals surface area (Å²) in [4.78, 5) is 37.9. The van der Waals surface area contributed by atoms with Crippen molar-refractivity contribution in [3.05, 3.63) is 64.6 Å². The number of benzene rings is 2. The number of halogens is 1. The van der Waals surface area contributed by atoms with Crippen molar-refractivity contribution in [2.45, 2.75) is 6.42 Å². The molecule has 0 aromatic heterocycles. The highest BCUT2D eigenvalue weighted by molar-refractivity contribution is 9.10. The second-order valence-electron chi connectivity index (χ2n) is 5.78. The summed E-state index contributed by atoms with van der Waals surface area (Å²) < 4.78 is 6.03. The van der Waals surface area contributed by atoms with Crippen LogP contribution in [0, 0.1) is 5.92 Å². The van der Waals surface area contributed by atoms with Gasteiger partial charge in [0.15, 0.2) is 12.4 Å². The Morgan fingerprint density at radius 3 is 2.44 bits per heavy atom. The number of carbonyl (C=O) groups is 3. The van der Waals surface area contributed by atoms with Crippen molar-refractivity contribution >= 4 is 39.3 Å². The minimum Gasteiger partial charge on any atom is -0.457 e. The van der Waals surface area contributed by atoms with Gasteiger partial charge in [-0.2, -0.15) is 0 Å². The monoisotopic (exact) mass is 401 g/mol. The summed E-state index contributed by atoms with van der Waals surface area (Å²) in [6, 6.07) is 16.0. The maximum atomic E-state index is 12.2. The first kappa shape index (κ1) is 17.4. The van der Waals surface area contributed by atoms with Crippen LogP contribution in [0.25, 0.3) is 0 Å². The summed E-state index contributed by atoms with van der Waals surface area (Å²) in [5, 5.41) is 0. The van der Waals surface area contributed by atoms with E-state index >= 15 is 0 Å². The van der Waals surface area contributed by atoms with Crippen molar-refractivity contribution in [3.63, 3.8) is 0 Å². The highest BCUT2D eigenvalue weighted by Gasteiger charge is 2.36. The molecule has 6 heteroatoms. The Morgan fingerprint density at radius 2 is 1.76 bits per heavy atom. The molecule has 1 unspecified atom stereocenters. The highest BCUT2D eigenvalue weighted by atomic mass is 79.9. The molecule has 0 N–H and O–H groups in total. The van der Waals surface area contributed by atoms with Crippen LogP contribution in [0.4, 0.5) is 5.69 Å². The van der Waals surface area contributed by atoms with Gasteiger partial charge >= 0.3 is 5.97 Å². The average molecular weight is 402 g/mol. The Bertz CT molecular complexity index is 789. The summed E-state index contributed by atoms with van der Waals surface area (Å²) >= 11 is 3.35. The molecule has 1 atom stereocenters. The summed E-state index contributed by atoms with van der Waals surface area (Å²) in [6.45, 7) is -0.0509. The lowest BCUT2D eigenvalue weighted by molar-refractivity contribution is -0.147. The molecule has 0 radical (unpaired) electrons. The van der Waals surface area contributed by atoms with Crippen LogP contribution in [0.3, 0.4) is 0 Å². The van der Waals surface area contributed by atoms with Gasteiger partial charge in [-0.15, -0.1) is 0 Å². The first-order valence-electron chi connectivity index (χ1n) is 7.85. The van der Waals surface area contributed by atoms with Crippen molar-refractivity contribution in [3.8, 4) is 0 Å². The molecule has 2 aromatic rings. The average Bonchev–Trinajstić information content (AvgIpc) is 3.02. The van der Waals surface area contributed by atoms with Crippen LogP contribution in [0.15, 0.2) is 59.1 Å². The zero-order valence-corrected chi connectivity index (χ0v) is 14.9. The van der Waals surface area contributed by atoms with Gasteiger partial charge in [-0.3, -0.25) is 14.4 Å². The molecule has 25 heavy (non-hydrogen) atoms. The van der Waals surface area contributed by atoms with Crippen LogP contribution in [-0.4, -0.2) is 30.8 Å². The van der Waals surface area contributed by atoms with E-state index in [-0.39, 0.29) is 31.3 Å². The first-order chi connectivity index (χ1) is 12.0. The Hall–Kier alpha value is -2.47. The third-order valence-electron chi connectivity index (χ3n) is 4.04. The second kappa shape index (κ2) is 7.61. The van der Waals surface area contributed by atoms with Gasteiger partial charge in [0.1, 0.15) is 0 Å². The van der Waals surface area contributed by atoms with Crippen molar-refractivity contribution in [2.24, 2.45) is 5.92 Å². The summed E-state index contributed by atoms with van der Waals surface area (Å²) in [6.07, 6.45) is 0.0917. The minimum atomic E-state index is -0.556. The number of esters is 1. The standard InChI is InChI=1S/C19H16BrNO4/c20-15-6-8-16(9-7-15)21-11-14(10-18(21)23)19(24)25-12-17(22)13-4-2-1-3-5-13/h1-9,14H,10-12H2. The van der Waals surface area contributed by atoms with Crippen molar-refractivity contribution in [1.29, 1.82) is 0 Å². The van der Waals surface area contributed by atoms with E-state index in [0.717, 1.165) is 10.2 Å². The normalized spacial score (nSPS) is 16.8. The molecule has 0 bridgehead atoms. The molecule has 1 aliphatic heterocycles. The molecule has 0 aliphatic carbocycles. The lowest BCUT2D eigenvalue weighted by Gasteiger charge is -2.16. The van der Waals surface area contributed by atoms with E-state index in [2.05, 4.69) is 15.9 Å². The lowest BCUT2D eigenvalue weighted by Crippen LogP contribution is -2.27. The molecule has 5 nitrogen and oxygen atoms in total.